The molecule has 0 unspecified atom stereocenters. The number of nitrogens with zero attached hydrogens (tertiary/aromatic N) is 1. The number of carboxylic acids is 1. The topological polar surface area (TPSA) is 73.7 Å². The molecule has 0 bridgehead atoms. The summed E-state index contributed by atoms with van der Waals surface area (Å²) < 4.78 is 0. The van der Waals surface area contributed by atoms with Gasteiger partial charge < -0.3 is 15.8 Å². The van der Waals surface area contributed by atoms with Gasteiger partial charge in [0.05, 0.1) is 6.42 Å². The number of hydrogen-bond acceptors (Lipinski definition) is 4. The van der Waals surface area contributed by atoms with Crippen LogP contribution in [0.5, 0.6) is 0 Å². The van der Waals surface area contributed by atoms with Crippen molar-refractivity contribution in [3.8, 4) is 0 Å². The lowest BCUT2D eigenvalue weighted by Gasteiger charge is -2.22. The number of rotatable bonds is 7. The number of piperidine rings is 1. The largest absolute Gasteiger partial charge is 0.481 e. The van der Waals surface area contributed by atoms with Crippen LogP contribution in [0.25, 0.3) is 0 Å². The molecule has 3 N–H and O–H groups in total. The second-order valence-corrected chi connectivity index (χ2v) is 4.63. The molecule has 1 fully saturated rings. The first-order valence-corrected chi connectivity index (χ1v) is 6.37. The molecule has 5 heteroatoms. The Bertz CT molecular complexity index is 260. The molecule has 0 aromatic carbocycles. The van der Waals surface area contributed by atoms with Crippen LogP contribution in [0, 0.1) is 5.92 Å². The Balaban J connectivity index is 2.05. The van der Waals surface area contributed by atoms with Gasteiger partial charge in [-0.2, -0.15) is 5.10 Å². The summed E-state index contributed by atoms with van der Waals surface area (Å²) in [5.41, 5.74) is 3.89. The van der Waals surface area contributed by atoms with Gasteiger partial charge in [0.2, 0.25) is 0 Å². The van der Waals surface area contributed by atoms with E-state index < -0.39 is 5.97 Å². The second-order valence-electron chi connectivity index (χ2n) is 4.63. The van der Waals surface area contributed by atoms with Crippen LogP contribution in [0.15, 0.2) is 5.10 Å². The summed E-state index contributed by atoms with van der Waals surface area (Å²) in [6.45, 7) is 5.01. The maximum absolute atomic E-state index is 10.4. The predicted octanol–water partition coefficient (Wildman–Crippen LogP) is 1.21. The molecule has 1 rings (SSSR count). The zero-order valence-electron chi connectivity index (χ0n) is 10.5. The van der Waals surface area contributed by atoms with E-state index in [1.54, 1.807) is 0 Å². The SMILES string of the molecule is C/C(CCC(=O)O)=N\NCCC1CCNCC1. The van der Waals surface area contributed by atoms with Gasteiger partial charge in [0, 0.05) is 12.3 Å². The molecule has 0 aromatic heterocycles. The van der Waals surface area contributed by atoms with Crippen molar-refractivity contribution in [3.63, 3.8) is 0 Å². The van der Waals surface area contributed by atoms with Crippen LogP contribution in [0.1, 0.15) is 39.0 Å². The van der Waals surface area contributed by atoms with Crippen molar-refractivity contribution in [2.24, 2.45) is 11.0 Å². The van der Waals surface area contributed by atoms with Crippen LogP contribution in [-0.2, 0) is 4.79 Å². The molecule has 1 aliphatic rings. The smallest absolute Gasteiger partial charge is 0.303 e. The highest BCUT2D eigenvalue weighted by Gasteiger charge is 2.11. The molecule has 0 atom stereocenters. The average Bonchev–Trinajstić information content (AvgIpc) is 2.33. The monoisotopic (exact) mass is 241 g/mol. The molecule has 0 aromatic rings. The van der Waals surface area contributed by atoms with E-state index in [-0.39, 0.29) is 6.42 Å². The van der Waals surface area contributed by atoms with Gasteiger partial charge in [-0.3, -0.25) is 4.79 Å². The van der Waals surface area contributed by atoms with Crippen LogP contribution in [0.4, 0.5) is 0 Å². The van der Waals surface area contributed by atoms with Crippen molar-refractivity contribution >= 4 is 11.7 Å². The number of aliphatic carboxylic acids is 1. The van der Waals surface area contributed by atoms with Gasteiger partial charge in [-0.05, 0) is 51.6 Å². The molecule has 0 spiro atoms. The quantitative estimate of drug-likeness (QED) is 0.356. The molecule has 1 heterocycles. The van der Waals surface area contributed by atoms with Crippen molar-refractivity contribution in [1.82, 2.24) is 10.7 Å². The first-order valence-electron chi connectivity index (χ1n) is 6.37. The van der Waals surface area contributed by atoms with Gasteiger partial charge in [-0.15, -0.1) is 0 Å². The van der Waals surface area contributed by atoms with E-state index in [0.29, 0.717) is 6.42 Å². The molecule has 0 saturated carbocycles. The van der Waals surface area contributed by atoms with Crippen molar-refractivity contribution in [3.05, 3.63) is 0 Å². The Morgan fingerprint density at radius 3 is 2.76 bits per heavy atom. The molecule has 0 amide bonds. The molecule has 5 nitrogen and oxygen atoms in total. The maximum Gasteiger partial charge on any atom is 0.303 e. The summed E-state index contributed by atoms with van der Waals surface area (Å²) in [7, 11) is 0. The molecule has 0 aliphatic carbocycles. The van der Waals surface area contributed by atoms with E-state index in [4.69, 9.17) is 5.11 Å². The van der Waals surface area contributed by atoms with E-state index in [2.05, 4.69) is 15.8 Å². The van der Waals surface area contributed by atoms with Gasteiger partial charge in [0.1, 0.15) is 0 Å². The molecule has 1 aliphatic heterocycles. The first-order chi connectivity index (χ1) is 8.18. The summed E-state index contributed by atoms with van der Waals surface area (Å²) in [5.74, 6) is 0.0348. The van der Waals surface area contributed by atoms with Gasteiger partial charge in [0.15, 0.2) is 0 Å². The van der Waals surface area contributed by atoms with Crippen LogP contribution < -0.4 is 10.7 Å². The third-order valence-corrected chi connectivity index (χ3v) is 3.09. The first kappa shape index (κ1) is 14.0. The minimum absolute atomic E-state index is 0.158. The van der Waals surface area contributed by atoms with Crippen molar-refractivity contribution < 1.29 is 9.90 Å². The highest BCUT2D eigenvalue weighted by atomic mass is 16.4. The van der Waals surface area contributed by atoms with Crippen molar-refractivity contribution in [1.29, 1.82) is 0 Å². The molecule has 17 heavy (non-hydrogen) atoms. The molecule has 98 valence electrons. The normalized spacial score (nSPS) is 18.1. The van der Waals surface area contributed by atoms with E-state index >= 15 is 0 Å². The zero-order chi connectivity index (χ0) is 12.5. The Hall–Kier alpha value is -1.10. The minimum atomic E-state index is -0.769. The van der Waals surface area contributed by atoms with Crippen molar-refractivity contribution in [2.75, 3.05) is 19.6 Å². The fourth-order valence-corrected chi connectivity index (χ4v) is 1.97. The standard InChI is InChI=1S/C12H23N3O2/c1-10(2-3-12(16)17)15-14-9-6-11-4-7-13-8-5-11/h11,13-14H,2-9H2,1H3,(H,16,17)/b15-10+. The Morgan fingerprint density at radius 2 is 2.12 bits per heavy atom. The number of carboxylic acid groups (broad SMARTS) is 1. The van der Waals surface area contributed by atoms with Crippen LogP contribution >= 0.6 is 0 Å². The summed E-state index contributed by atoms with van der Waals surface area (Å²) in [5, 5.41) is 16.0. The summed E-state index contributed by atoms with van der Waals surface area (Å²) in [6, 6.07) is 0. The fraction of sp³-hybridized carbons (Fsp3) is 0.833. The summed E-state index contributed by atoms with van der Waals surface area (Å²) >= 11 is 0. The molecular formula is C12H23N3O2. The molecular weight excluding hydrogens is 218 g/mol. The lowest BCUT2D eigenvalue weighted by molar-refractivity contribution is -0.136. The predicted molar refractivity (Wildman–Crippen MR) is 68.2 cm³/mol. The van der Waals surface area contributed by atoms with Crippen LogP contribution in [-0.4, -0.2) is 36.4 Å². The molecule has 1 saturated heterocycles. The lowest BCUT2D eigenvalue weighted by Crippen LogP contribution is -2.29. The number of nitrogens with one attached hydrogen (secondary N) is 2. The van der Waals surface area contributed by atoms with Crippen molar-refractivity contribution in [2.45, 2.75) is 39.0 Å². The number of hydrogen-bond donors (Lipinski definition) is 3. The summed E-state index contributed by atoms with van der Waals surface area (Å²) in [6.07, 6.45) is 4.34. The van der Waals surface area contributed by atoms with Crippen LogP contribution in [0.3, 0.4) is 0 Å². The lowest BCUT2D eigenvalue weighted by atomic mass is 9.95. The van der Waals surface area contributed by atoms with Crippen LogP contribution in [0.2, 0.25) is 0 Å². The Kier molecular flexibility index (Phi) is 6.62. The van der Waals surface area contributed by atoms with Gasteiger partial charge in [-0.25, -0.2) is 0 Å². The highest BCUT2D eigenvalue weighted by Crippen LogP contribution is 2.14. The third-order valence-electron chi connectivity index (χ3n) is 3.09. The van der Waals surface area contributed by atoms with E-state index in [1.807, 2.05) is 6.92 Å². The zero-order valence-corrected chi connectivity index (χ0v) is 10.5. The summed E-state index contributed by atoms with van der Waals surface area (Å²) in [4.78, 5) is 10.4. The van der Waals surface area contributed by atoms with E-state index in [0.717, 1.165) is 37.7 Å². The highest BCUT2D eigenvalue weighted by molar-refractivity contribution is 5.84. The van der Waals surface area contributed by atoms with Gasteiger partial charge in [-0.1, -0.05) is 0 Å². The second kappa shape index (κ2) is 8.06. The maximum atomic E-state index is 10.4. The molecule has 0 radical (unpaired) electrons. The average molecular weight is 241 g/mol. The Morgan fingerprint density at radius 1 is 1.41 bits per heavy atom. The number of carbonyl (C=O) groups is 1. The Labute approximate surface area is 103 Å². The van der Waals surface area contributed by atoms with E-state index in [1.165, 1.54) is 12.8 Å². The third kappa shape index (κ3) is 6.94. The van der Waals surface area contributed by atoms with Gasteiger partial charge in [0.25, 0.3) is 0 Å². The van der Waals surface area contributed by atoms with E-state index in [9.17, 15) is 4.79 Å². The van der Waals surface area contributed by atoms with Gasteiger partial charge >= 0.3 is 5.97 Å². The number of hydrazone groups is 1. The minimum Gasteiger partial charge on any atom is -0.481 e. The fourth-order valence-electron chi connectivity index (χ4n) is 1.97.